The molecule has 0 bridgehead atoms. The van der Waals surface area contributed by atoms with Crippen LogP contribution in [0.15, 0.2) is 48.5 Å². The molecule has 0 saturated heterocycles. The molecule has 12 heteroatoms. The molecule has 2 aromatic rings. The number of hydrogen-bond donors (Lipinski definition) is 1. The van der Waals surface area contributed by atoms with Crippen LogP contribution in [0.5, 0.6) is 0 Å². The van der Waals surface area contributed by atoms with Gasteiger partial charge in [-0.1, -0.05) is 29.8 Å². The summed E-state index contributed by atoms with van der Waals surface area (Å²) in [6, 6.07) is 9.24. The van der Waals surface area contributed by atoms with Crippen LogP contribution in [0.1, 0.15) is 25.0 Å². The molecular formula is C22H25ClF3N3O4S. The van der Waals surface area contributed by atoms with Crippen molar-refractivity contribution in [1.82, 2.24) is 10.2 Å². The number of amides is 2. The van der Waals surface area contributed by atoms with Crippen LogP contribution in [-0.2, 0) is 32.3 Å². The van der Waals surface area contributed by atoms with Gasteiger partial charge in [0.15, 0.2) is 0 Å². The third-order valence-corrected chi connectivity index (χ3v) is 6.28. The van der Waals surface area contributed by atoms with Crippen molar-refractivity contribution in [1.29, 1.82) is 0 Å². The van der Waals surface area contributed by atoms with Gasteiger partial charge in [0.1, 0.15) is 12.6 Å². The van der Waals surface area contributed by atoms with Gasteiger partial charge in [0.2, 0.25) is 21.8 Å². The second-order valence-corrected chi connectivity index (χ2v) is 9.88. The minimum absolute atomic E-state index is 0.0715. The molecule has 7 nitrogen and oxygen atoms in total. The van der Waals surface area contributed by atoms with E-state index in [1.54, 1.807) is 31.2 Å². The Kier molecular flexibility index (Phi) is 8.96. The van der Waals surface area contributed by atoms with E-state index in [9.17, 15) is 31.2 Å². The van der Waals surface area contributed by atoms with Crippen LogP contribution in [0.25, 0.3) is 0 Å². The zero-order chi connectivity index (χ0) is 25.7. The number of hydrogen-bond acceptors (Lipinski definition) is 4. The number of likely N-dealkylation sites (N-methyl/N-ethyl adjacent to an activating group) is 1. The predicted molar refractivity (Wildman–Crippen MR) is 124 cm³/mol. The number of rotatable bonds is 9. The van der Waals surface area contributed by atoms with Gasteiger partial charge in [-0.15, -0.1) is 0 Å². The normalized spacial score (nSPS) is 12.7. The zero-order valence-corrected chi connectivity index (χ0v) is 20.3. The van der Waals surface area contributed by atoms with Crippen molar-refractivity contribution in [2.45, 2.75) is 32.6 Å². The highest BCUT2D eigenvalue weighted by Gasteiger charge is 2.33. The zero-order valence-electron chi connectivity index (χ0n) is 18.8. The van der Waals surface area contributed by atoms with Crippen LogP contribution in [-0.4, -0.2) is 50.5 Å². The number of sulfonamides is 1. The number of nitrogens with one attached hydrogen (secondary N) is 1. The van der Waals surface area contributed by atoms with Crippen molar-refractivity contribution in [3.63, 3.8) is 0 Å². The summed E-state index contributed by atoms with van der Waals surface area (Å²) in [6.45, 7) is 2.61. The van der Waals surface area contributed by atoms with Crippen LogP contribution in [0.2, 0.25) is 5.02 Å². The van der Waals surface area contributed by atoms with E-state index in [4.69, 9.17) is 11.6 Å². The van der Waals surface area contributed by atoms with E-state index in [-0.39, 0.29) is 12.2 Å². The van der Waals surface area contributed by atoms with Crippen molar-refractivity contribution in [3.05, 3.63) is 64.7 Å². The smallest absolute Gasteiger partial charge is 0.355 e. The Morgan fingerprint density at radius 1 is 1.12 bits per heavy atom. The number of benzene rings is 2. The molecule has 0 aliphatic carbocycles. The molecule has 2 rings (SSSR count). The van der Waals surface area contributed by atoms with Crippen molar-refractivity contribution in [2.75, 3.05) is 23.7 Å². The van der Waals surface area contributed by atoms with E-state index >= 15 is 0 Å². The number of alkyl halides is 3. The summed E-state index contributed by atoms with van der Waals surface area (Å²) in [5.41, 5.74) is -0.793. The van der Waals surface area contributed by atoms with Gasteiger partial charge in [0.05, 0.1) is 17.5 Å². The number of anilines is 1. The molecule has 186 valence electrons. The highest BCUT2D eigenvalue weighted by molar-refractivity contribution is 7.92. The van der Waals surface area contributed by atoms with Crippen molar-refractivity contribution in [3.8, 4) is 0 Å². The molecule has 2 amide bonds. The average molecular weight is 520 g/mol. The molecule has 0 spiro atoms. The van der Waals surface area contributed by atoms with Gasteiger partial charge in [0, 0.05) is 18.1 Å². The Balaban J connectivity index is 2.44. The molecule has 2 aromatic carbocycles. The molecule has 1 atom stereocenters. The molecule has 0 saturated carbocycles. The molecule has 0 aromatic heterocycles. The first kappa shape index (κ1) is 27.5. The van der Waals surface area contributed by atoms with Crippen LogP contribution in [0.3, 0.4) is 0 Å². The van der Waals surface area contributed by atoms with Crippen LogP contribution < -0.4 is 9.62 Å². The lowest BCUT2D eigenvalue weighted by Gasteiger charge is -2.31. The van der Waals surface area contributed by atoms with Gasteiger partial charge in [-0.3, -0.25) is 13.9 Å². The fourth-order valence-electron chi connectivity index (χ4n) is 3.19. The monoisotopic (exact) mass is 519 g/mol. The number of nitrogens with zero attached hydrogens (tertiary/aromatic N) is 2. The maximum atomic E-state index is 13.3. The second-order valence-electron chi connectivity index (χ2n) is 7.54. The maximum Gasteiger partial charge on any atom is 0.416 e. The Morgan fingerprint density at radius 2 is 1.76 bits per heavy atom. The van der Waals surface area contributed by atoms with E-state index in [1.165, 1.54) is 6.92 Å². The summed E-state index contributed by atoms with van der Waals surface area (Å²) >= 11 is 6.01. The third-order valence-electron chi connectivity index (χ3n) is 4.90. The Bertz CT molecular complexity index is 1140. The van der Waals surface area contributed by atoms with E-state index in [0.717, 1.165) is 29.4 Å². The fourth-order valence-corrected chi connectivity index (χ4v) is 4.24. The molecule has 0 aliphatic rings. The highest BCUT2D eigenvalue weighted by atomic mass is 35.5. The lowest BCUT2D eigenvalue weighted by Crippen LogP contribution is -2.51. The van der Waals surface area contributed by atoms with Gasteiger partial charge in [0.25, 0.3) is 0 Å². The summed E-state index contributed by atoms with van der Waals surface area (Å²) in [7, 11) is -4.15. The lowest BCUT2D eigenvalue weighted by molar-refractivity contribution is -0.139. The first-order valence-corrected chi connectivity index (χ1v) is 12.4. The molecule has 0 heterocycles. The molecular weight excluding hydrogens is 495 g/mol. The van der Waals surface area contributed by atoms with Gasteiger partial charge >= 0.3 is 6.18 Å². The molecule has 1 N–H and O–H groups in total. The van der Waals surface area contributed by atoms with Gasteiger partial charge in [-0.25, -0.2) is 8.42 Å². The summed E-state index contributed by atoms with van der Waals surface area (Å²) in [5.74, 6) is -1.25. The Hall–Kier alpha value is -2.79. The van der Waals surface area contributed by atoms with Crippen molar-refractivity contribution < 1.29 is 31.2 Å². The Labute approximate surface area is 201 Å². The van der Waals surface area contributed by atoms with Gasteiger partial charge in [-0.2, -0.15) is 13.2 Å². The van der Waals surface area contributed by atoms with Crippen molar-refractivity contribution >= 4 is 39.1 Å². The van der Waals surface area contributed by atoms with Crippen LogP contribution in [0.4, 0.5) is 18.9 Å². The van der Waals surface area contributed by atoms with Crippen LogP contribution in [0, 0.1) is 0 Å². The van der Waals surface area contributed by atoms with Gasteiger partial charge < -0.3 is 10.2 Å². The highest BCUT2D eigenvalue weighted by Crippen LogP contribution is 2.32. The van der Waals surface area contributed by atoms with Crippen LogP contribution >= 0.6 is 11.6 Å². The summed E-state index contributed by atoms with van der Waals surface area (Å²) < 4.78 is 64.9. The van der Waals surface area contributed by atoms with E-state index in [2.05, 4.69) is 5.32 Å². The van der Waals surface area contributed by atoms with E-state index in [0.29, 0.717) is 27.5 Å². The number of halogens is 4. The minimum Gasteiger partial charge on any atom is -0.355 e. The molecule has 0 aliphatic heterocycles. The summed E-state index contributed by atoms with van der Waals surface area (Å²) in [6.07, 6.45) is -3.91. The Morgan fingerprint density at radius 3 is 2.32 bits per heavy atom. The molecule has 34 heavy (non-hydrogen) atoms. The minimum atomic E-state index is -4.70. The SMILES string of the molecule is CCNC(=O)C(C)N(Cc1cccc(Cl)c1)C(=O)CN(c1cccc(C(F)(F)F)c1)S(C)(=O)=O. The predicted octanol–water partition coefficient (Wildman–Crippen LogP) is 3.68. The maximum absolute atomic E-state index is 13.3. The molecule has 0 radical (unpaired) electrons. The number of carbonyl (C=O) groups excluding carboxylic acids is 2. The summed E-state index contributed by atoms with van der Waals surface area (Å²) in [5, 5.41) is 3.00. The average Bonchev–Trinajstić information content (AvgIpc) is 2.74. The molecule has 0 fully saturated rings. The third kappa shape index (κ3) is 7.36. The first-order valence-electron chi connectivity index (χ1n) is 10.2. The largest absolute Gasteiger partial charge is 0.416 e. The van der Waals surface area contributed by atoms with Crippen molar-refractivity contribution in [2.24, 2.45) is 0 Å². The summed E-state index contributed by atoms with van der Waals surface area (Å²) in [4.78, 5) is 26.9. The van der Waals surface area contributed by atoms with E-state index in [1.807, 2.05) is 0 Å². The quantitative estimate of drug-likeness (QED) is 0.547. The molecule has 1 unspecified atom stereocenters. The van der Waals surface area contributed by atoms with E-state index < -0.39 is 46.2 Å². The number of carbonyl (C=O) groups is 2. The topological polar surface area (TPSA) is 86.8 Å². The standard InChI is InChI=1S/C22H25ClF3N3O4S/c1-4-27-21(31)15(2)28(13-16-7-5-9-18(23)11-16)20(30)14-29(34(3,32)33)19-10-6-8-17(12-19)22(24,25)26/h5-12,15H,4,13-14H2,1-3H3,(H,27,31). The second kappa shape index (κ2) is 11.1. The first-order chi connectivity index (χ1) is 15.7. The fraction of sp³-hybridized carbons (Fsp3) is 0.364. The van der Waals surface area contributed by atoms with Gasteiger partial charge in [-0.05, 0) is 49.7 Å². The lowest BCUT2D eigenvalue weighted by atomic mass is 10.1.